The number of benzene rings is 2. The lowest BCUT2D eigenvalue weighted by atomic mass is 10.1. The second kappa shape index (κ2) is 9.98. The molecule has 31 heavy (non-hydrogen) atoms. The molecule has 2 fully saturated rings. The number of esters is 1. The molecule has 0 radical (unpaired) electrons. The molecular weight excluding hydrogens is 416 g/mol. The summed E-state index contributed by atoms with van der Waals surface area (Å²) >= 11 is 1.01. The van der Waals surface area contributed by atoms with Crippen LogP contribution in [0.2, 0.25) is 0 Å². The maximum atomic E-state index is 12.8. The Morgan fingerprint density at radius 2 is 1.84 bits per heavy atom. The van der Waals surface area contributed by atoms with Crippen molar-refractivity contribution in [1.82, 2.24) is 10.6 Å². The molecule has 2 saturated heterocycles. The molecule has 8 heteroatoms. The molecule has 2 aliphatic heterocycles. The highest BCUT2D eigenvalue weighted by Crippen LogP contribution is 2.25. The van der Waals surface area contributed by atoms with E-state index in [4.69, 9.17) is 9.47 Å². The van der Waals surface area contributed by atoms with Crippen molar-refractivity contribution >= 4 is 28.9 Å². The van der Waals surface area contributed by atoms with Gasteiger partial charge in [-0.15, -0.1) is 0 Å². The maximum absolute atomic E-state index is 12.8. The van der Waals surface area contributed by atoms with E-state index in [2.05, 4.69) is 10.6 Å². The summed E-state index contributed by atoms with van der Waals surface area (Å²) in [6, 6.07) is 16.7. The van der Waals surface area contributed by atoms with Crippen LogP contribution in [0.25, 0.3) is 0 Å². The Kier molecular flexibility index (Phi) is 6.89. The molecule has 0 aromatic heterocycles. The lowest BCUT2D eigenvalue weighted by Crippen LogP contribution is -2.45. The van der Waals surface area contributed by atoms with E-state index in [1.165, 1.54) is 0 Å². The monoisotopic (exact) mass is 440 g/mol. The number of rotatable bonds is 8. The van der Waals surface area contributed by atoms with E-state index < -0.39 is 17.3 Å². The van der Waals surface area contributed by atoms with Crippen molar-refractivity contribution in [1.29, 1.82) is 0 Å². The van der Waals surface area contributed by atoms with Crippen molar-refractivity contribution in [3.63, 3.8) is 0 Å². The minimum Gasteiger partial charge on any atom is -0.477 e. The highest BCUT2D eigenvalue weighted by atomic mass is 32.2. The number of amides is 2. The van der Waals surface area contributed by atoms with E-state index in [-0.39, 0.29) is 23.8 Å². The summed E-state index contributed by atoms with van der Waals surface area (Å²) in [5.74, 6) is -0.104. The van der Waals surface area contributed by atoms with Gasteiger partial charge >= 0.3 is 5.97 Å². The first kappa shape index (κ1) is 21.4. The van der Waals surface area contributed by atoms with Gasteiger partial charge in [-0.2, -0.15) is 0 Å². The van der Waals surface area contributed by atoms with Crippen molar-refractivity contribution in [3.8, 4) is 5.75 Å². The van der Waals surface area contributed by atoms with Gasteiger partial charge in [0.1, 0.15) is 12.4 Å². The maximum Gasteiger partial charge on any atom is 0.349 e. The standard InChI is InChI=1S/C23H24N2O5S/c26-21-19(31-23(28)25-21)13-15-8-10-17(11-9-15)30-20(18-7-4-12-24-18)22(27)29-14-16-5-2-1-3-6-16/h1-3,5-6,8-11,18-20,24H,4,7,12-14H2,(H,25,26,28)/t18-,19?,20?/m0/s1. The van der Waals surface area contributed by atoms with Crippen molar-refractivity contribution in [2.24, 2.45) is 0 Å². The SMILES string of the molecule is O=C1NC(=O)C(Cc2ccc(OC(C(=O)OCc3ccccc3)[C@@H]3CCCN3)cc2)S1. The Morgan fingerprint density at radius 1 is 1.06 bits per heavy atom. The fourth-order valence-corrected chi connectivity index (χ4v) is 4.53. The van der Waals surface area contributed by atoms with Crippen LogP contribution < -0.4 is 15.4 Å². The normalized spacial score (nSPS) is 21.5. The molecule has 2 aromatic carbocycles. The van der Waals surface area contributed by atoms with Crippen LogP contribution in [0.3, 0.4) is 0 Å². The molecule has 2 heterocycles. The van der Waals surface area contributed by atoms with E-state index in [0.717, 1.165) is 42.3 Å². The Hall–Kier alpha value is -2.84. The lowest BCUT2D eigenvalue weighted by molar-refractivity contribution is -0.154. The molecule has 0 spiro atoms. The summed E-state index contributed by atoms with van der Waals surface area (Å²) in [5.41, 5.74) is 1.84. The number of carbonyl (C=O) groups excluding carboxylic acids is 3. The summed E-state index contributed by atoms with van der Waals surface area (Å²) in [6.45, 7) is 1.04. The number of thioether (sulfide) groups is 1. The molecule has 2 aromatic rings. The minimum absolute atomic E-state index is 0.104. The molecule has 2 unspecified atom stereocenters. The molecular formula is C23H24N2O5S. The Morgan fingerprint density at radius 3 is 2.48 bits per heavy atom. The number of ether oxygens (including phenoxy) is 2. The molecule has 3 atom stereocenters. The number of hydrogen-bond donors (Lipinski definition) is 2. The number of nitrogens with one attached hydrogen (secondary N) is 2. The molecule has 0 bridgehead atoms. The van der Waals surface area contributed by atoms with Gasteiger partial charge in [-0.1, -0.05) is 54.2 Å². The van der Waals surface area contributed by atoms with Crippen LogP contribution in [0.5, 0.6) is 5.75 Å². The topological polar surface area (TPSA) is 93.7 Å². The molecule has 0 saturated carbocycles. The predicted octanol–water partition coefficient (Wildman–Crippen LogP) is 2.82. The van der Waals surface area contributed by atoms with Gasteiger partial charge in [0, 0.05) is 0 Å². The van der Waals surface area contributed by atoms with Crippen LogP contribution in [-0.2, 0) is 27.4 Å². The van der Waals surface area contributed by atoms with Gasteiger partial charge in [-0.05, 0) is 49.1 Å². The van der Waals surface area contributed by atoms with Gasteiger partial charge in [0.2, 0.25) is 12.0 Å². The largest absolute Gasteiger partial charge is 0.477 e. The van der Waals surface area contributed by atoms with E-state index in [9.17, 15) is 14.4 Å². The first-order valence-corrected chi connectivity index (χ1v) is 11.2. The fourth-order valence-electron chi connectivity index (χ4n) is 3.67. The van der Waals surface area contributed by atoms with Crippen LogP contribution in [0.1, 0.15) is 24.0 Å². The highest BCUT2D eigenvalue weighted by Gasteiger charge is 2.34. The quantitative estimate of drug-likeness (QED) is 0.610. The second-order valence-electron chi connectivity index (χ2n) is 7.57. The average Bonchev–Trinajstić information content (AvgIpc) is 3.42. The zero-order valence-corrected chi connectivity index (χ0v) is 17.7. The van der Waals surface area contributed by atoms with E-state index in [1.54, 1.807) is 12.1 Å². The minimum atomic E-state index is -0.745. The third-order valence-electron chi connectivity index (χ3n) is 5.29. The molecule has 7 nitrogen and oxygen atoms in total. The molecule has 2 aliphatic rings. The lowest BCUT2D eigenvalue weighted by Gasteiger charge is -2.23. The summed E-state index contributed by atoms with van der Waals surface area (Å²) in [6.07, 6.45) is 1.53. The zero-order valence-electron chi connectivity index (χ0n) is 16.9. The molecule has 0 aliphatic carbocycles. The van der Waals surface area contributed by atoms with Crippen molar-refractivity contribution in [2.75, 3.05) is 6.54 Å². The Labute approximate surface area is 184 Å². The molecule has 4 rings (SSSR count). The van der Waals surface area contributed by atoms with E-state index in [0.29, 0.717) is 12.2 Å². The van der Waals surface area contributed by atoms with Crippen LogP contribution >= 0.6 is 11.8 Å². The van der Waals surface area contributed by atoms with Gasteiger partial charge < -0.3 is 14.8 Å². The van der Waals surface area contributed by atoms with Crippen molar-refractivity contribution in [2.45, 2.75) is 43.3 Å². The van der Waals surface area contributed by atoms with Gasteiger partial charge in [0.25, 0.3) is 5.24 Å². The van der Waals surface area contributed by atoms with Gasteiger partial charge in [0.15, 0.2) is 0 Å². The molecule has 162 valence electrons. The Bertz CT molecular complexity index is 929. The average molecular weight is 441 g/mol. The van der Waals surface area contributed by atoms with Crippen molar-refractivity contribution < 1.29 is 23.9 Å². The van der Waals surface area contributed by atoms with Crippen molar-refractivity contribution in [3.05, 3.63) is 65.7 Å². The summed E-state index contributed by atoms with van der Waals surface area (Å²) < 4.78 is 11.6. The Balaban J connectivity index is 1.38. The fraction of sp³-hybridized carbons (Fsp3) is 0.348. The van der Waals surface area contributed by atoms with Gasteiger partial charge in [0.05, 0.1) is 11.3 Å². The van der Waals surface area contributed by atoms with Crippen LogP contribution in [-0.4, -0.2) is 41.1 Å². The van der Waals surface area contributed by atoms with Crippen LogP contribution in [0.15, 0.2) is 54.6 Å². The number of hydrogen-bond acceptors (Lipinski definition) is 7. The third-order valence-corrected chi connectivity index (χ3v) is 6.28. The number of carbonyl (C=O) groups is 3. The van der Waals surface area contributed by atoms with Gasteiger partial charge in [-0.3, -0.25) is 14.9 Å². The molecule has 2 amide bonds. The smallest absolute Gasteiger partial charge is 0.349 e. The number of imide groups is 1. The predicted molar refractivity (Wildman–Crippen MR) is 117 cm³/mol. The first-order chi connectivity index (χ1) is 15.1. The molecule has 2 N–H and O–H groups in total. The summed E-state index contributed by atoms with van der Waals surface area (Å²) in [4.78, 5) is 35.9. The summed E-state index contributed by atoms with van der Waals surface area (Å²) in [5, 5.41) is 4.89. The van der Waals surface area contributed by atoms with Crippen LogP contribution in [0, 0.1) is 0 Å². The second-order valence-corrected chi connectivity index (χ2v) is 8.74. The van der Waals surface area contributed by atoms with Crippen LogP contribution in [0.4, 0.5) is 4.79 Å². The summed E-state index contributed by atoms with van der Waals surface area (Å²) in [7, 11) is 0. The first-order valence-electron chi connectivity index (χ1n) is 10.3. The van der Waals surface area contributed by atoms with Gasteiger partial charge in [-0.25, -0.2) is 4.79 Å². The van der Waals surface area contributed by atoms with E-state index >= 15 is 0 Å². The highest BCUT2D eigenvalue weighted by molar-refractivity contribution is 8.15. The third kappa shape index (κ3) is 5.65. The zero-order chi connectivity index (χ0) is 21.6. The van der Waals surface area contributed by atoms with E-state index in [1.807, 2.05) is 42.5 Å².